The second kappa shape index (κ2) is 4.91. The van der Waals surface area contributed by atoms with Crippen LogP contribution in [0.15, 0.2) is 18.2 Å². The number of hydrogen-bond acceptors (Lipinski definition) is 3. The fourth-order valence-electron chi connectivity index (χ4n) is 1.41. The molecule has 0 saturated heterocycles. The van der Waals surface area contributed by atoms with Gasteiger partial charge in [-0.05, 0) is 18.6 Å². The van der Waals surface area contributed by atoms with E-state index < -0.39 is 17.5 Å². The highest BCUT2D eigenvalue weighted by atomic mass is 19.1. The molecule has 0 aliphatic rings. The van der Waals surface area contributed by atoms with E-state index in [1.807, 2.05) is 0 Å². The van der Waals surface area contributed by atoms with Crippen molar-refractivity contribution < 1.29 is 13.6 Å². The first kappa shape index (κ1) is 12.2. The van der Waals surface area contributed by atoms with Crippen molar-refractivity contribution in [2.75, 3.05) is 5.32 Å². The Morgan fingerprint density at radius 2 is 2.22 bits per heavy atom. The number of amides is 1. The number of anilines is 1. The van der Waals surface area contributed by atoms with Gasteiger partial charge in [0.05, 0.1) is 6.42 Å². The number of carbonyl (C=O) groups excluding carboxylic acids is 1. The predicted octanol–water partition coefficient (Wildman–Crippen LogP) is 1.57. The van der Waals surface area contributed by atoms with Crippen LogP contribution in [-0.4, -0.2) is 21.1 Å². The number of hydrogen-bond donors (Lipinski definition) is 2. The molecular weight excluding hydrogens is 242 g/mol. The summed E-state index contributed by atoms with van der Waals surface area (Å²) in [5.74, 6) is -1.23. The van der Waals surface area contributed by atoms with Crippen LogP contribution in [0.4, 0.5) is 14.7 Å². The number of nitrogens with one attached hydrogen (secondary N) is 2. The molecule has 5 nitrogen and oxygen atoms in total. The van der Waals surface area contributed by atoms with Gasteiger partial charge in [-0.2, -0.15) is 4.98 Å². The predicted molar refractivity (Wildman–Crippen MR) is 59.8 cm³/mol. The van der Waals surface area contributed by atoms with Crippen LogP contribution in [0.2, 0.25) is 0 Å². The largest absolute Gasteiger partial charge is 0.293 e. The summed E-state index contributed by atoms with van der Waals surface area (Å²) < 4.78 is 26.0. The summed E-state index contributed by atoms with van der Waals surface area (Å²) in [5, 5.41) is 8.67. The minimum Gasteiger partial charge on any atom is -0.293 e. The third-order valence-electron chi connectivity index (χ3n) is 2.21. The first-order valence-corrected chi connectivity index (χ1v) is 5.17. The fraction of sp³-hybridized carbons (Fsp3) is 0.182. The molecule has 1 amide bonds. The van der Waals surface area contributed by atoms with Crippen LogP contribution >= 0.6 is 0 Å². The van der Waals surface area contributed by atoms with Crippen LogP contribution < -0.4 is 5.32 Å². The molecule has 0 atom stereocenters. The Bertz CT molecular complexity index is 582. The molecular formula is C11H10F2N4O. The molecule has 0 aliphatic carbocycles. The summed E-state index contributed by atoms with van der Waals surface area (Å²) in [6.45, 7) is 1.68. The van der Waals surface area contributed by atoms with Gasteiger partial charge in [-0.25, -0.2) is 8.78 Å². The van der Waals surface area contributed by atoms with E-state index in [9.17, 15) is 13.6 Å². The zero-order chi connectivity index (χ0) is 13.1. The number of halogens is 2. The highest BCUT2D eigenvalue weighted by Crippen LogP contribution is 2.10. The van der Waals surface area contributed by atoms with Gasteiger partial charge in [-0.1, -0.05) is 6.07 Å². The highest BCUT2D eigenvalue weighted by Gasteiger charge is 2.11. The van der Waals surface area contributed by atoms with Gasteiger partial charge in [0, 0.05) is 6.07 Å². The number of aryl methyl sites for hydroxylation is 1. The third kappa shape index (κ3) is 2.88. The van der Waals surface area contributed by atoms with E-state index in [1.54, 1.807) is 6.92 Å². The Balaban J connectivity index is 2.03. The summed E-state index contributed by atoms with van der Waals surface area (Å²) in [4.78, 5) is 15.4. The van der Waals surface area contributed by atoms with Gasteiger partial charge in [0.2, 0.25) is 11.9 Å². The smallest absolute Gasteiger partial charge is 0.248 e. The quantitative estimate of drug-likeness (QED) is 0.871. The Kier molecular flexibility index (Phi) is 3.31. The molecule has 0 fully saturated rings. The van der Waals surface area contributed by atoms with E-state index in [2.05, 4.69) is 20.5 Å². The van der Waals surface area contributed by atoms with Crippen LogP contribution in [0.5, 0.6) is 0 Å². The van der Waals surface area contributed by atoms with Crippen LogP contribution in [-0.2, 0) is 11.2 Å². The number of aromatic amines is 1. The Hall–Kier alpha value is -2.31. The van der Waals surface area contributed by atoms with Crippen molar-refractivity contribution in [3.8, 4) is 0 Å². The fourth-order valence-corrected chi connectivity index (χ4v) is 1.41. The first-order chi connectivity index (χ1) is 8.54. The maximum atomic E-state index is 13.3. The van der Waals surface area contributed by atoms with E-state index in [1.165, 1.54) is 6.07 Å². The third-order valence-corrected chi connectivity index (χ3v) is 2.21. The lowest BCUT2D eigenvalue weighted by Gasteiger charge is -2.03. The van der Waals surface area contributed by atoms with Gasteiger partial charge in [-0.15, -0.1) is 5.10 Å². The number of rotatable bonds is 3. The van der Waals surface area contributed by atoms with Gasteiger partial charge in [0.1, 0.15) is 17.5 Å². The van der Waals surface area contributed by atoms with E-state index >= 15 is 0 Å². The van der Waals surface area contributed by atoms with Crippen molar-refractivity contribution >= 4 is 11.9 Å². The standard InChI is InChI=1S/C11H10F2N4O/c1-6-14-11(17-16-6)15-10(18)4-7-2-3-8(12)5-9(7)13/h2-3,5H,4H2,1H3,(H2,14,15,16,17,18). The normalized spacial score (nSPS) is 10.4. The lowest BCUT2D eigenvalue weighted by molar-refractivity contribution is -0.115. The van der Waals surface area contributed by atoms with Crippen molar-refractivity contribution in [1.82, 2.24) is 15.2 Å². The minimum absolute atomic E-state index is 0.112. The monoisotopic (exact) mass is 252 g/mol. The van der Waals surface area contributed by atoms with E-state index in [0.717, 1.165) is 12.1 Å². The molecule has 7 heteroatoms. The minimum atomic E-state index is -0.753. The van der Waals surface area contributed by atoms with Gasteiger partial charge in [0.25, 0.3) is 0 Å². The van der Waals surface area contributed by atoms with Gasteiger partial charge in [-0.3, -0.25) is 15.2 Å². The lowest BCUT2D eigenvalue weighted by Crippen LogP contribution is -2.16. The van der Waals surface area contributed by atoms with Crippen LogP contribution in [0.25, 0.3) is 0 Å². The van der Waals surface area contributed by atoms with Crippen molar-refractivity contribution in [3.63, 3.8) is 0 Å². The van der Waals surface area contributed by atoms with Crippen LogP contribution in [0.3, 0.4) is 0 Å². The summed E-state index contributed by atoms with van der Waals surface area (Å²) in [7, 11) is 0. The molecule has 2 aromatic rings. The highest BCUT2D eigenvalue weighted by molar-refractivity contribution is 5.90. The summed E-state index contributed by atoms with van der Waals surface area (Å²) >= 11 is 0. The van der Waals surface area contributed by atoms with Crippen LogP contribution in [0.1, 0.15) is 11.4 Å². The van der Waals surface area contributed by atoms with Gasteiger partial charge >= 0.3 is 0 Å². The average Bonchev–Trinajstić information content (AvgIpc) is 2.68. The molecule has 18 heavy (non-hydrogen) atoms. The number of H-pyrrole nitrogens is 1. The molecule has 1 aromatic heterocycles. The van der Waals surface area contributed by atoms with Crippen molar-refractivity contribution in [2.45, 2.75) is 13.3 Å². The zero-order valence-electron chi connectivity index (χ0n) is 9.50. The second-order valence-corrected chi connectivity index (χ2v) is 3.71. The van der Waals surface area contributed by atoms with Crippen molar-refractivity contribution in [2.24, 2.45) is 0 Å². The summed E-state index contributed by atoms with van der Waals surface area (Å²) in [6.07, 6.45) is -0.209. The Labute approximate surface area is 101 Å². The molecule has 94 valence electrons. The molecule has 0 radical (unpaired) electrons. The van der Waals surface area contributed by atoms with Gasteiger partial charge < -0.3 is 0 Å². The molecule has 0 spiro atoms. The first-order valence-electron chi connectivity index (χ1n) is 5.17. The molecule has 0 unspecified atom stereocenters. The van der Waals surface area contributed by atoms with E-state index in [4.69, 9.17) is 0 Å². The zero-order valence-corrected chi connectivity index (χ0v) is 9.50. The number of carbonyl (C=O) groups is 1. The van der Waals surface area contributed by atoms with Crippen LogP contribution in [0, 0.1) is 18.6 Å². The average molecular weight is 252 g/mol. The number of nitrogens with zero attached hydrogens (tertiary/aromatic N) is 2. The summed E-state index contributed by atoms with van der Waals surface area (Å²) in [5.41, 5.74) is 0.112. The SMILES string of the molecule is Cc1nc(NC(=O)Cc2ccc(F)cc2F)n[nH]1. The maximum Gasteiger partial charge on any atom is 0.248 e. The molecule has 1 aromatic carbocycles. The van der Waals surface area contributed by atoms with Crippen molar-refractivity contribution in [1.29, 1.82) is 0 Å². The molecule has 2 rings (SSSR count). The number of aromatic nitrogens is 3. The molecule has 0 bridgehead atoms. The topological polar surface area (TPSA) is 70.7 Å². The lowest BCUT2D eigenvalue weighted by atomic mass is 10.1. The summed E-state index contributed by atoms with van der Waals surface area (Å²) in [6, 6.07) is 3.07. The maximum absolute atomic E-state index is 13.3. The molecule has 0 aliphatic heterocycles. The molecule has 2 N–H and O–H groups in total. The Morgan fingerprint density at radius 3 is 2.83 bits per heavy atom. The van der Waals surface area contributed by atoms with Crippen molar-refractivity contribution in [3.05, 3.63) is 41.2 Å². The number of benzene rings is 1. The molecule has 0 saturated carbocycles. The van der Waals surface area contributed by atoms with E-state index in [0.29, 0.717) is 5.82 Å². The Morgan fingerprint density at radius 1 is 1.44 bits per heavy atom. The van der Waals surface area contributed by atoms with Gasteiger partial charge in [0.15, 0.2) is 0 Å². The van der Waals surface area contributed by atoms with E-state index in [-0.39, 0.29) is 17.9 Å². The second-order valence-electron chi connectivity index (χ2n) is 3.71. The molecule has 1 heterocycles.